The third-order valence-electron chi connectivity index (χ3n) is 1.98. The Morgan fingerprint density at radius 2 is 2.06 bits per heavy atom. The van der Waals surface area contributed by atoms with Gasteiger partial charge in [0.15, 0.2) is 17.7 Å². The van der Waals surface area contributed by atoms with Crippen LogP contribution in [-0.4, -0.2) is 22.8 Å². The SMILES string of the molecule is N#Cc1ccc(F)c(OC(F)F)c1C(O)C(=O)O. The van der Waals surface area contributed by atoms with Gasteiger partial charge in [0, 0.05) is 0 Å². The van der Waals surface area contributed by atoms with E-state index < -0.39 is 41.4 Å². The summed E-state index contributed by atoms with van der Waals surface area (Å²) in [6.45, 7) is -3.42. The van der Waals surface area contributed by atoms with Crippen LogP contribution in [0.1, 0.15) is 17.2 Å². The quantitative estimate of drug-likeness (QED) is 0.855. The van der Waals surface area contributed by atoms with Gasteiger partial charge >= 0.3 is 12.6 Å². The number of nitriles is 1. The molecule has 0 bridgehead atoms. The molecule has 2 N–H and O–H groups in total. The highest BCUT2D eigenvalue weighted by atomic mass is 19.3. The lowest BCUT2D eigenvalue weighted by Gasteiger charge is -2.15. The monoisotopic (exact) mass is 261 g/mol. The first kappa shape index (κ1) is 13.8. The van der Waals surface area contributed by atoms with Gasteiger partial charge in [-0.2, -0.15) is 14.0 Å². The van der Waals surface area contributed by atoms with Gasteiger partial charge in [-0.15, -0.1) is 0 Å². The number of carbonyl (C=O) groups is 1. The summed E-state index contributed by atoms with van der Waals surface area (Å²) in [7, 11) is 0. The molecule has 0 aliphatic rings. The molecule has 0 heterocycles. The number of nitrogens with zero attached hydrogens (tertiary/aromatic N) is 1. The maximum Gasteiger partial charge on any atom is 0.387 e. The van der Waals surface area contributed by atoms with E-state index in [1.807, 2.05) is 0 Å². The number of carboxylic acid groups (broad SMARTS) is 1. The lowest BCUT2D eigenvalue weighted by Crippen LogP contribution is -2.16. The van der Waals surface area contributed by atoms with Gasteiger partial charge in [-0.3, -0.25) is 0 Å². The minimum Gasteiger partial charge on any atom is -0.479 e. The number of hydrogen-bond acceptors (Lipinski definition) is 4. The molecular weight excluding hydrogens is 255 g/mol. The first-order valence-electron chi connectivity index (χ1n) is 4.46. The van der Waals surface area contributed by atoms with Crippen LogP contribution in [0.4, 0.5) is 13.2 Å². The van der Waals surface area contributed by atoms with Crippen molar-refractivity contribution < 1.29 is 32.9 Å². The number of alkyl halides is 2. The number of aliphatic hydroxyl groups excluding tert-OH is 1. The van der Waals surface area contributed by atoms with Crippen molar-refractivity contribution in [3.05, 3.63) is 29.1 Å². The maximum absolute atomic E-state index is 13.3. The van der Waals surface area contributed by atoms with Crippen molar-refractivity contribution >= 4 is 5.97 Å². The fourth-order valence-corrected chi connectivity index (χ4v) is 1.27. The Morgan fingerprint density at radius 1 is 1.44 bits per heavy atom. The molecule has 0 amide bonds. The van der Waals surface area contributed by atoms with E-state index in [0.717, 1.165) is 6.07 Å². The minimum atomic E-state index is -3.42. The summed E-state index contributed by atoms with van der Waals surface area (Å²) in [6.07, 6.45) is -2.34. The van der Waals surface area contributed by atoms with Crippen LogP contribution in [0.3, 0.4) is 0 Å². The first-order chi connectivity index (χ1) is 8.38. The number of aliphatic carboxylic acids is 1. The Hall–Kier alpha value is -2.27. The fourth-order valence-electron chi connectivity index (χ4n) is 1.27. The Bertz CT molecular complexity index is 513. The number of ether oxygens (including phenoxy) is 1. The predicted octanol–water partition coefficient (Wildman–Crippen LogP) is 1.42. The molecule has 1 aromatic rings. The second-order valence-corrected chi connectivity index (χ2v) is 3.07. The third-order valence-corrected chi connectivity index (χ3v) is 1.98. The third kappa shape index (κ3) is 2.70. The highest BCUT2D eigenvalue weighted by Crippen LogP contribution is 2.32. The molecule has 0 saturated carbocycles. The lowest BCUT2D eigenvalue weighted by atomic mass is 10.0. The van der Waals surface area contributed by atoms with E-state index in [1.165, 1.54) is 6.07 Å². The van der Waals surface area contributed by atoms with Crippen LogP contribution < -0.4 is 4.74 Å². The summed E-state index contributed by atoms with van der Waals surface area (Å²) in [5.74, 6) is -4.28. The van der Waals surface area contributed by atoms with Gasteiger partial charge in [0.05, 0.1) is 17.2 Å². The zero-order valence-electron chi connectivity index (χ0n) is 8.60. The number of halogens is 3. The summed E-state index contributed by atoms with van der Waals surface area (Å²) in [5.41, 5.74) is -1.31. The molecule has 18 heavy (non-hydrogen) atoms. The number of aliphatic hydroxyl groups is 1. The van der Waals surface area contributed by atoms with Crippen LogP contribution in [0.15, 0.2) is 12.1 Å². The van der Waals surface area contributed by atoms with Gasteiger partial charge in [-0.1, -0.05) is 0 Å². The molecule has 1 unspecified atom stereocenters. The molecule has 0 fully saturated rings. The fraction of sp³-hybridized carbons (Fsp3) is 0.200. The average molecular weight is 261 g/mol. The summed E-state index contributed by atoms with van der Waals surface area (Å²) in [5, 5.41) is 26.5. The topological polar surface area (TPSA) is 90.5 Å². The van der Waals surface area contributed by atoms with Crippen LogP contribution in [0.5, 0.6) is 5.75 Å². The number of carboxylic acids is 1. The molecule has 5 nitrogen and oxygen atoms in total. The van der Waals surface area contributed by atoms with E-state index in [4.69, 9.17) is 10.4 Å². The largest absolute Gasteiger partial charge is 0.479 e. The number of rotatable bonds is 4. The normalized spacial score (nSPS) is 12.0. The van der Waals surface area contributed by atoms with Crippen molar-refractivity contribution in [1.82, 2.24) is 0 Å². The molecule has 1 aromatic carbocycles. The molecule has 0 spiro atoms. The zero-order chi connectivity index (χ0) is 13.9. The smallest absolute Gasteiger partial charge is 0.387 e. The van der Waals surface area contributed by atoms with Crippen LogP contribution >= 0.6 is 0 Å². The van der Waals surface area contributed by atoms with Gasteiger partial charge in [0.25, 0.3) is 0 Å². The van der Waals surface area contributed by atoms with Crippen molar-refractivity contribution in [1.29, 1.82) is 5.26 Å². The van der Waals surface area contributed by atoms with Gasteiger partial charge in [0.1, 0.15) is 0 Å². The summed E-state index contributed by atoms with van der Waals surface area (Å²) in [4.78, 5) is 10.6. The van der Waals surface area contributed by atoms with Crippen molar-refractivity contribution in [3.8, 4) is 11.8 Å². The lowest BCUT2D eigenvalue weighted by molar-refractivity contribution is -0.147. The molecule has 0 radical (unpaired) electrons. The van der Waals surface area contributed by atoms with Crippen molar-refractivity contribution in [2.45, 2.75) is 12.7 Å². The standard InChI is InChI=1S/C10H6F3NO4/c11-5-2-1-4(3-14)6(7(15)9(16)17)8(5)18-10(12)13/h1-2,7,10,15H,(H,16,17). The van der Waals surface area contributed by atoms with Crippen LogP contribution in [0, 0.1) is 17.1 Å². The molecular formula is C10H6F3NO4. The molecule has 96 valence electrons. The molecule has 1 rings (SSSR count). The van der Waals surface area contributed by atoms with E-state index in [2.05, 4.69) is 4.74 Å². The van der Waals surface area contributed by atoms with Crippen LogP contribution in [0.2, 0.25) is 0 Å². The molecule has 0 aliphatic heterocycles. The average Bonchev–Trinajstić information content (AvgIpc) is 2.30. The number of benzene rings is 1. The minimum absolute atomic E-state index is 0.470. The second kappa shape index (κ2) is 5.37. The summed E-state index contributed by atoms with van der Waals surface area (Å²) >= 11 is 0. The molecule has 0 aromatic heterocycles. The van der Waals surface area contributed by atoms with E-state index in [0.29, 0.717) is 6.07 Å². The Labute approximate surface area is 98.6 Å². The van der Waals surface area contributed by atoms with E-state index in [9.17, 15) is 23.1 Å². The van der Waals surface area contributed by atoms with Gasteiger partial charge < -0.3 is 14.9 Å². The maximum atomic E-state index is 13.3. The van der Waals surface area contributed by atoms with Crippen molar-refractivity contribution in [2.75, 3.05) is 0 Å². The Balaban J connectivity index is 3.46. The molecule has 1 atom stereocenters. The number of hydrogen-bond donors (Lipinski definition) is 2. The molecule has 0 aliphatic carbocycles. The second-order valence-electron chi connectivity index (χ2n) is 3.07. The summed E-state index contributed by atoms with van der Waals surface area (Å²) in [6, 6.07) is 2.97. The van der Waals surface area contributed by atoms with E-state index in [1.54, 1.807) is 0 Å². The molecule has 8 heteroatoms. The highest BCUT2D eigenvalue weighted by Gasteiger charge is 2.28. The first-order valence-corrected chi connectivity index (χ1v) is 4.46. The van der Waals surface area contributed by atoms with Crippen LogP contribution in [-0.2, 0) is 4.79 Å². The van der Waals surface area contributed by atoms with Gasteiger partial charge in [-0.25, -0.2) is 9.18 Å². The van der Waals surface area contributed by atoms with Crippen molar-refractivity contribution in [3.63, 3.8) is 0 Å². The van der Waals surface area contributed by atoms with Crippen LogP contribution in [0.25, 0.3) is 0 Å². The highest BCUT2D eigenvalue weighted by molar-refractivity contribution is 5.76. The van der Waals surface area contributed by atoms with E-state index in [-0.39, 0.29) is 0 Å². The van der Waals surface area contributed by atoms with Gasteiger partial charge in [-0.05, 0) is 12.1 Å². The Morgan fingerprint density at radius 3 is 2.50 bits per heavy atom. The summed E-state index contributed by atoms with van der Waals surface area (Å²) < 4.78 is 41.2. The Kier molecular flexibility index (Phi) is 4.12. The molecule has 0 saturated heterocycles. The zero-order valence-corrected chi connectivity index (χ0v) is 8.60. The van der Waals surface area contributed by atoms with E-state index >= 15 is 0 Å². The van der Waals surface area contributed by atoms with Crippen molar-refractivity contribution in [2.24, 2.45) is 0 Å². The predicted molar refractivity (Wildman–Crippen MR) is 50.3 cm³/mol. The van der Waals surface area contributed by atoms with Gasteiger partial charge in [0.2, 0.25) is 0 Å².